The summed E-state index contributed by atoms with van der Waals surface area (Å²) >= 11 is 5.97. The van der Waals surface area contributed by atoms with Gasteiger partial charge < -0.3 is 10.6 Å². The van der Waals surface area contributed by atoms with E-state index in [-0.39, 0.29) is 34.3 Å². The standard InChI is InChI=1S/C18H15ClFN3O4S/c1-2-9-21-17(24)11-22-18(25)12-3-8-15(19)16(10-12)28(26,27)23-14-6-4-13(20)5-7-14/h1,3-8,10,23H,9,11H2,(H,21,24)(H,22,25). The molecule has 0 aliphatic rings. The van der Waals surface area contributed by atoms with Crippen LogP contribution in [0, 0.1) is 18.2 Å². The Morgan fingerprint density at radius 2 is 1.79 bits per heavy atom. The summed E-state index contributed by atoms with van der Waals surface area (Å²) in [6.45, 7) is -0.313. The largest absolute Gasteiger partial charge is 0.344 e. The van der Waals surface area contributed by atoms with E-state index in [1.165, 1.54) is 24.3 Å². The summed E-state index contributed by atoms with van der Waals surface area (Å²) in [6.07, 6.45) is 5.01. The second-order valence-electron chi connectivity index (χ2n) is 5.42. The van der Waals surface area contributed by atoms with E-state index < -0.39 is 27.7 Å². The van der Waals surface area contributed by atoms with Gasteiger partial charge >= 0.3 is 0 Å². The van der Waals surface area contributed by atoms with E-state index in [4.69, 9.17) is 18.0 Å². The highest BCUT2D eigenvalue weighted by molar-refractivity contribution is 7.92. The average Bonchev–Trinajstić information content (AvgIpc) is 2.66. The molecule has 0 aliphatic carbocycles. The minimum Gasteiger partial charge on any atom is -0.344 e. The van der Waals surface area contributed by atoms with Crippen molar-refractivity contribution in [3.63, 3.8) is 0 Å². The highest BCUT2D eigenvalue weighted by atomic mass is 35.5. The molecule has 0 saturated heterocycles. The third-order valence-electron chi connectivity index (χ3n) is 3.38. The lowest BCUT2D eigenvalue weighted by Crippen LogP contribution is -2.37. The van der Waals surface area contributed by atoms with Crippen molar-refractivity contribution in [2.24, 2.45) is 0 Å². The second kappa shape index (κ2) is 9.21. The van der Waals surface area contributed by atoms with Gasteiger partial charge in [-0.25, -0.2) is 12.8 Å². The lowest BCUT2D eigenvalue weighted by atomic mass is 10.2. The molecule has 10 heteroatoms. The zero-order chi connectivity index (χ0) is 20.7. The molecule has 2 aromatic rings. The lowest BCUT2D eigenvalue weighted by Gasteiger charge is -2.11. The van der Waals surface area contributed by atoms with Crippen LogP contribution in [-0.4, -0.2) is 33.3 Å². The first-order valence-corrected chi connectivity index (χ1v) is 9.65. The van der Waals surface area contributed by atoms with Crippen molar-refractivity contribution in [2.45, 2.75) is 4.90 Å². The van der Waals surface area contributed by atoms with Crippen molar-refractivity contribution in [1.82, 2.24) is 10.6 Å². The SMILES string of the molecule is C#CCNC(=O)CNC(=O)c1ccc(Cl)c(S(=O)(=O)Nc2ccc(F)cc2)c1. The number of sulfonamides is 1. The van der Waals surface area contributed by atoms with Gasteiger partial charge in [0.2, 0.25) is 5.91 Å². The van der Waals surface area contributed by atoms with Gasteiger partial charge in [0.05, 0.1) is 18.1 Å². The van der Waals surface area contributed by atoms with E-state index in [0.717, 1.165) is 18.2 Å². The Bertz CT molecular complexity index is 1030. The maximum atomic E-state index is 13.0. The maximum absolute atomic E-state index is 13.0. The first-order chi connectivity index (χ1) is 13.2. The first kappa shape index (κ1) is 21.2. The van der Waals surface area contributed by atoms with Gasteiger partial charge in [-0.3, -0.25) is 14.3 Å². The summed E-state index contributed by atoms with van der Waals surface area (Å²) in [6, 6.07) is 8.30. The van der Waals surface area contributed by atoms with Crippen LogP contribution in [0.4, 0.5) is 10.1 Å². The molecule has 0 heterocycles. The van der Waals surface area contributed by atoms with Crippen molar-refractivity contribution in [2.75, 3.05) is 17.8 Å². The summed E-state index contributed by atoms with van der Waals surface area (Å²) < 4.78 is 40.3. The van der Waals surface area contributed by atoms with Gasteiger partial charge in [-0.15, -0.1) is 6.42 Å². The molecular formula is C18H15ClFN3O4S. The molecule has 0 radical (unpaired) electrons. The Balaban J connectivity index is 2.17. The number of nitrogens with one attached hydrogen (secondary N) is 3. The van der Waals surface area contributed by atoms with Crippen LogP contribution in [0.1, 0.15) is 10.4 Å². The monoisotopic (exact) mass is 423 g/mol. The van der Waals surface area contributed by atoms with Crippen LogP contribution in [0.2, 0.25) is 5.02 Å². The third-order valence-corrected chi connectivity index (χ3v) is 5.24. The number of hydrogen-bond acceptors (Lipinski definition) is 4. The third kappa shape index (κ3) is 5.70. The van der Waals surface area contributed by atoms with E-state index in [1.54, 1.807) is 0 Å². The Morgan fingerprint density at radius 1 is 1.11 bits per heavy atom. The number of benzene rings is 2. The molecule has 3 N–H and O–H groups in total. The Morgan fingerprint density at radius 3 is 2.43 bits per heavy atom. The van der Waals surface area contributed by atoms with Crippen LogP contribution < -0.4 is 15.4 Å². The number of carbonyl (C=O) groups is 2. The quantitative estimate of drug-likeness (QED) is 0.590. The fourth-order valence-corrected chi connectivity index (χ4v) is 3.64. The zero-order valence-corrected chi connectivity index (χ0v) is 15.9. The summed E-state index contributed by atoms with van der Waals surface area (Å²) in [5.41, 5.74) is 0.103. The molecule has 146 valence electrons. The molecule has 0 aliphatic heterocycles. The van der Waals surface area contributed by atoms with Gasteiger partial charge in [0.15, 0.2) is 0 Å². The number of anilines is 1. The van der Waals surface area contributed by atoms with Crippen LogP contribution in [0.25, 0.3) is 0 Å². The van der Waals surface area contributed by atoms with Crippen molar-refractivity contribution in [3.05, 3.63) is 58.9 Å². The molecule has 0 atom stereocenters. The van der Waals surface area contributed by atoms with E-state index in [9.17, 15) is 22.4 Å². The van der Waals surface area contributed by atoms with Gasteiger partial charge in [0.1, 0.15) is 10.7 Å². The minimum atomic E-state index is -4.14. The van der Waals surface area contributed by atoms with E-state index in [2.05, 4.69) is 21.3 Å². The fraction of sp³-hybridized carbons (Fsp3) is 0.111. The van der Waals surface area contributed by atoms with E-state index >= 15 is 0 Å². The highest BCUT2D eigenvalue weighted by Crippen LogP contribution is 2.25. The summed E-state index contributed by atoms with van der Waals surface area (Å²) in [5, 5.41) is 4.60. The number of carbonyl (C=O) groups excluding carboxylic acids is 2. The van der Waals surface area contributed by atoms with Crippen LogP contribution in [-0.2, 0) is 14.8 Å². The fourth-order valence-electron chi connectivity index (χ4n) is 2.05. The first-order valence-electron chi connectivity index (χ1n) is 7.79. The minimum absolute atomic E-state index is 0.0198. The van der Waals surface area contributed by atoms with Crippen LogP contribution >= 0.6 is 11.6 Å². The Hall–Kier alpha value is -3.09. The molecule has 2 rings (SSSR count). The molecule has 0 bridgehead atoms. The molecule has 0 aromatic heterocycles. The van der Waals surface area contributed by atoms with Crippen molar-refractivity contribution < 1.29 is 22.4 Å². The summed E-state index contributed by atoms with van der Waals surface area (Å²) in [7, 11) is -4.14. The van der Waals surface area contributed by atoms with E-state index in [1.807, 2.05) is 0 Å². The normalized spacial score (nSPS) is 10.6. The summed E-state index contributed by atoms with van der Waals surface area (Å²) in [4.78, 5) is 23.3. The molecule has 28 heavy (non-hydrogen) atoms. The van der Waals surface area contributed by atoms with E-state index in [0.29, 0.717) is 0 Å². The lowest BCUT2D eigenvalue weighted by molar-refractivity contribution is -0.119. The molecule has 0 unspecified atom stereocenters. The Labute approximate surface area is 166 Å². The highest BCUT2D eigenvalue weighted by Gasteiger charge is 2.20. The average molecular weight is 424 g/mol. The van der Waals surface area contributed by atoms with Crippen molar-refractivity contribution in [1.29, 1.82) is 0 Å². The van der Waals surface area contributed by atoms with Gasteiger partial charge in [-0.05, 0) is 42.5 Å². The van der Waals surface area contributed by atoms with Crippen molar-refractivity contribution >= 4 is 39.1 Å². The smallest absolute Gasteiger partial charge is 0.263 e. The van der Waals surface area contributed by atoms with Crippen LogP contribution in [0.15, 0.2) is 47.4 Å². The number of rotatable bonds is 7. The molecule has 7 nitrogen and oxygen atoms in total. The molecule has 2 amide bonds. The number of halogens is 2. The Kier molecular flexibility index (Phi) is 6.98. The zero-order valence-electron chi connectivity index (χ0n) is 14.3. The molecule has 2 aromatic carbocycles. The topological polar surface area (TPSA) is 104 Å². The number of hydrogen-bond donors (Lipinski definition) is 3. The van der Waals surface area contributed by atoms with Gasteiger partial charge in [-0.1, -0.05) is 17.5 Å². The van der Waals surface area contributed by atoms with Gasteiger partial charge in [0, 0.05) is 11.3 Å². The number of terminal acetylenes is 1. The molecule has 0 saturated carbocycles. The van der Waals surface area contributed by atoms with Crippen molar-refractivity contribution in [3.8, 4) is 12.3 Å². The van der Waals surface area contributed by atoms with Gasteiger partial charge in [-0.2, -0.15) is 0 Å². The van der Waals surface area contributed by atoms with Gasteiger partial charge in [0.25, 0.3) is 15.9 Å². The maximum Gasteiger partial charge on any atom is 0.263 e. The predicted molar refractivity (Wildman–Crippen MR) is 103 cm³/mol. The predicted octanol–water partition coefficient (Wildman–Crippen LogP) is 1.76. The van der Waals surface area contributed by atoms with Crippen LogP contribution in [0.3, 0.4) is 0 Å². The second-order valence-corrected chi connectivity index (χ2v) is 7.48. The number of amides is 2. The molecule has 0 spiro atoms. The molecular weight excluding hydrogens is 409 g/mol. The summed E-state index contributed by atoms with van der Waals surface area (Å²) in [5.74, 6) is 0.526. The molecule has 0 fully saturated rings. The van der Waals surface area contributed by atoms with Crippen LogP contribution in [0.5, 0.6) is 0 Å².